The SMILES string of the molecule is COc1ccc([C@H](CC(=O)O)N(CCCCCc2ccc3c(n2)CCCC3)CCOCCOCCOCCC(C)C)cc1F. The molecule has 0 amide bonds. The maximum Gasteiger partial charge on any atom is 0.305 e. The van der Waals surface area contributed by atoms with E-state index in [4.69, 9.17) is 23.9 Å². The highest BCUT2D eigenvalue weighted by molar-refractivity contribution is 5.68. The first-order chi connectivity index (χ1) is 21.4. The summed E-state index contributed by atoms with van der Waals surface area (Å²) in [6, 6.07) is 8.62. The lowest BCUT2D eigenvalue weighted by Gasteiger charge is -2.31. The standard InChI is InChI=1S/C35H53FN2O6/c1-27(2)16-19-42-21-23-44-24-22-43-20-18-38(33(26-35(39)40)29-13-15-34(41-3)31(36)25-29)17-8-4-5-10-30-14-12-28-9-6-7-11-32(28)37-30/h12-15,25,27,33H,4-11,16-24,26H2,1-3H3,(H,39,40)/t33-/m0/s1. The predicted molar refractivity (Wildman–Crippen MR) is 170 cm³/mol. The van der Waals surface area contributed by atoms with Crippen LogP contribution in [0.4, 0.5) is 4.39 Å². The van der Waals surface area contributed by atoms with Crippen LogP contribution in [0.15, 0.2) is 30.3 Å². The molecular formula is C35H53FN2O6. The minimum Gasteiger partial charge on any atom is -0.494 e. The number of aromatic nitrogens is 1. The van der Waals surface area contributed by atoms with Crippen LogP contribution in [-0.2, 0) is 38.3 Å². The van der Waals surface area contributed by atoms with Gasteiger partial charge in [-0.25, -0.2) is 4.39 Å². The van der Waals surface area contributed by atoms with Gasteiger partial charge in [0.05, 0.1) is 46.6 Å². The summed E-state index contributed by atoms with van der Waals surface area (Å²) < 4.78 is 36.8. The number of nitrogens with zero attached hydrogens (tertiary/aromatic N) is 2. The molecule has 44 heavy (non-hydrogen) atoms. The van der Waals surface area contributed by atoms with Crippen LogP contribution in [0.3, 0.4) is 0 Å². The van der Waals surface area contributed by atoms with Gasteiger partial charge in [-0.15, -0.1) is 0 Å². The molecule has 2 aromatic rings. The number of hydrogen-bond donors (Lipinski definition) is 1. The molecule has 0 bridgehead atoms. The van der Waals surface area contributed by atoms with Gasteiger partial charge in [0.1, 0.15) is 0 Å². The smallest absolute Gasteiger partial charge is 0.305 e. The van der Waals surface area contributed by atoms with Crippen molar-refractivity contribution in [1.82, 2.24) is 9.88 Å². The van der Waals surface area contributed by atoms with Crippen molar-refractivity contribution in [2.75, 3.05) is 59.8 Å². The third kappa shape index (κ3) is 13.2. The van der Waals surface area contributed by atoms with Crippen molar-refractivity contribution in [3.8, 4) is 5.75 Å². The molecule has 0 saturated heterocycles. The number of carbonyl (C=O) groups is 1. The van der Waals surface area contributed by atoms with Crippen molar-refractivity contribution in [1.29, 1.82) is 0 Å². The van der Waals surface area contributed by atoms with E-state index in [0.717, 1.165) is 57.2 Å². The summed E-state index contributed by atoms with van der Waals surface area (Å²) in [5, 5.41) is 9.75. The highest BCUT2D eigenvalue weighted by atomic mass is 19.1. The molecule has 1 atom stereocenters. The number of aryl methyl sites for hydroxylation is 3. The second kappa shape index (κ2) is 20.4. The third-order valence-corrected chi connectivity index (χ3v) is 8.09. The van der Waals surface area contributed by atoms with Gasteiger partial charge >= 0.3 is 5.97 Å². The van der Waals surface area contributed by atoms with E-state index >= 15 is 0 Å². The van der Waals surface area contributed by atoms with Crippen LogP contribution in [0, 0.1) is 11.7 Å². The molecule has 0 unspecified atom stereocenters. The Hall–Kier alpha value is -2.59. The number of fused-ring (bicyclic) bond motifs is 1. The Bertz CT molecular complexity index is 1110. The quantitative estimate of drug-likeness (QED) is 0.143. The Balaban J connectivity index is 1.50. The monoisotopic (exact) mass is 616 g/mol. The van der Waals surface area contributed by atoms with Crippen molar-refractivity contribution in [2.45, 2.75) is 84.1 Å². The topological polar surface area (TPSA) is 90.4 Å². The number of aliphatic carboxylic acids is 1. The van der Waals surface area contributed by atoms with Gasteiger partial charge < -0.3 is 24.1 Å². The first-order valence-electron chi connectivity index (χ1n) is 16.4. The summed E-state index contributed by atoms with van der Waals surface area (Å²) in [6.45, 7) is 8.71. The number of unbranched alkanes of at least 4 members (excludes halogenated alkanes) is 2. The number of rotatable bonds is 23. The molecule has 1 aromatic heterocycles. The predicted octanol–water partition coefficient (Wildman–Crippen LogP) is 6.43. The van der Waals surface area contributed by atoms with Crippen LogP contribution in [0.2, 0.25) is 0 Å². The maximum absolute atomic E-state index is 14.6. The van der Waals surface area contributed by atoms with E-state index in [1.165, 1.54) is 37.3 Å². The summed E-state index contributed by atoms with van der Waals surface area (Å²) in [7, 11) is 1.42. The second-order valence-corrected chi connectivity index (χ2v) is 12.0. The summed E-state index contributed by atoms with van der Waals surface area (Å²) in [5.74, 6) is -0.669. The largest absolute Gasteiger partial charge is 0.494 e. The Labute approximate surface area is 263 Å². The zero-order chi connectivity index (χ0) is 31.6. The third-order valence-electron chi connectivity index (χ3n) is 8.09. The van der Waals surface area contributed by atoms with E-state index in [0.29, 0.717) is 57.6 Å². The molecule has 1 aliphatic carbocycles. The normalized spacial score (nSPS) is 13.8. The molecular weight excluding hydrogens is 563 g/mol. The average molecular weight is 617 g/mol. The number of methoxy groups -OCH3 is 1. The van der Waals surface area contributed by atoms with Crippen LogP contribution >= 0.6 is 0 Å². The van der Waals surface area contributed by atoms with E-state index in [-0.39, 0.29) is 12.2 Å². The number of carboxylic acids is 1. The minimum absolute atomic E-state index is 0.134. The number of ether oxygens (including phenoxy) is 4. The Morgan fingerprint density at radius 2 is 1.66 bits per heavy atom. The van der Waals surface area contributed by atoms with E-state index in [1.54, 1.807) is 12.1 Å². The minimum atomic E-state index is -0.931. The Morgan fingerprint density at radius 1 is 0.932 bits per heavy atom. The van der Waals surface area contributed by atoms with Crippen LogP contribution in [0.25, 0.3) is 0 Å². The zero-order valence-electron chi connectivity index (χ0n) is 27.0. The van der Waals surface area contributed by atoms with Gasteiger partial charge in [-0.1, -0.05) is 32.4 Å². The van der Waals surface area contributed by atoms with E-state index in [1.807, 2.05) is 0 Å². The van der Waals surface area contributed by atoms with E-state index < -0.39 is 17.8 Å². The van der Waals surface area contributed by atoms with Crippen LogP contribution in [0.1, 0.15) is 87.3 Å². The maximum atomic E-state index is 14.6. The summed E-state index contributed by atoms with van der Waals surface area (Å²) in [5.41, 5.74) is 4.43. The molecule has 9 heteroatoms. The van der Waals surface area contributed by atoms with Gasteiger partial charge in [-0.2, -0.15) is 0 Å². The van der Waals surface area contributed by atoms with Crippen molar-refractivity contribution in [2.24, 2.45) is 5.92 Å². The molecule has 0 saturated carbocycles. The van der Waals surface area contributed by atoms with Gasteiger partial charge in [0, 0.05) is 30.6 Å². The lowest BCUT2D eigenvalue weighted by atomic mass is 9.95. The molecule has 3 rings (SSSR count). The van der Waals surface area contributed by atoms with Gasteiger partial charge in [0.2, 0.25) is 0 Å². The van der Waals surface area contributed by atoms with Gasteiger partial charge in [0.25, 0.3) is 0 Å². The molecule has 0 radical (unpaired) electrons. The van der Waals surface area contributed by atoms with E-state index in [9.17, 15) is 14.3 Å². The molecule has 1 heterocycles. The first kappa shape index (κ1) is 35.9. The number of hydrogen-bond acceptors (Lipinski definition) is 7. The molecule has 0 aliphatic heterocycles. The van der Waals surface area contributed by atoms with Crippen LogP contribution in [-0.4, -0.2) is 80.8 Å². The highest BCUT2D eigenvalue weighted by Gasteiger charge is 2.24. The molecule has 1 aromatic carbocycles. The summed E-state index contributed by atoms with van der Waals surface area (Å²) >= 11 is 0. The fraction of sp³-hybridized carbons (Fsp3) is 0.657. The lowest BCUT2D eigenvalue weighted by Crippen LogP contribution is -2.34. The molecule has 0 fully saturated rings. The fourth-order valence-electron chi connectivity index (χ4n) is 5.54. The summed E-state index contributed by atoms with van der Waals surface area (Å²) in [4.78, 5) is 18.9. The van der Waals surface area contributed by atoms with Gasteiger partial charge in [-0.05, 0) is 93.2 Å². The number of halogens is 1. The molecule has 246 valence electrons. The Morgan fingerprint density at radius 3 is 2.36 bits per heavy atom. The average Bonchev–Trinajstić information content (AvgIpc) is 3.01. The molecule has 1 aliphatic rings. The fourth-order valence-corrected chi connectivity index (χ4v) is 5.54. The second-order valence-electron chi connectivity index (χ2n) is 12.0. The molecule has 1 N–H and O–H groups in total. The van der Waals surface area contributed by atoms with Crippen molar-refractivity contribution in [3.63, 3.8) is 0 Å². The molecule has 8 nitrogen and oxygen atoms in total. The van der Waals surface area contributed by atoms with Crippen molar-refractivity contribution in [3.05, 3.63) is 58.7 Å². The number of benzene rings is 1. The lowest BCUT2D eigenvalue weighted by molar-refractivity contribution is -0.138. The van der Waals surface area contributed by atoms with Crippen LogP contribution in [0.5, 0.6) is 5.75 Å². The first-order valence-corrected chi connectivity index (χ1v) is 16.4. The number of carboxylic acid groups (broad SMARTS) is 1. The zero-order valence-corrected chi connectivity index (χ0v) is 27.0. The Kier molecular flexibility index (Phi) is 16.7. The highest BCUT2D eigenvalue weighted by Crippen LogP contribution is 2.29. The number of pyridine rings is 1. The van der Waals surface area contributed by atoms with Crippen molar-refractivity contribution < 1.29 is 33.2 Å². The summed E-state index contributed by atoms with van der Waals surface area (Å²) in [6.07, 6.45) is 9.41. The van der Waals surface area contributed by atoms with Crippen LogP contribution < -0.4 is 4.74 Å². The van der Waals surface area contributed by atoms with E-state index in [2.05, 4.69) is 30.9 Å². The molecule has 0 spiro atoms. The van der Waals surface area contributed by atoms with Gasteiger partial charge in [-0.3, -0.25) is 14.7 Å². The van der Waals surface area contributed by atoms with Crippen molar-refractivity contribution >= 4 is 5.97 Å². The van der Waals surface area contributed by atoms with Gasteiger partial charge in [0.15, 0.2) is 11.6 Å².